The van der Waals surface area contributed by atoms with Crippen LogP contribution in [0.5, 0.6) is 0 Å². The fourth-order valence-electron chi connectivity index (χ4n) is 2.88. The van der Waals surface area contributed by atoms with Gasteiger partial charge in [0.15, 0.2) is 0 Å². The Kier molecular flexibility index (Phi) is 7.03. The monoisotopic (exact) mass is 428 g/mol. The third-order valence-corrected chi connectivity index (χ3v) is 5.02. The summed E-state index contributed by atoms with van der Waals surface area (Å²) < 4.78 is 19.3. The highest BCUT2D eigenvalue weighted by Crippen LogP contribution is 2.21. The minimum absolute atomic E-state index is 0.00477. The molecule has 1 aliphatic heterocycles. The van der Waals surface area contributed by atoms with E-state index in [9.17, 15) is 14.0 Å². The molecule has 7 heteroatoms. The molecule has 144 valence electrons. The van der Waals surface area contributed by atoms with E-state index in [4.69, 9.17) is 4.74 Å². The van der Waals surface area contributed by atoms with Crippen LogP contribution in [0, 0.1) is 11.7 Å². The van der Waals surface area contributed by atoms with Crippen LogP contribution >= 0.6 is 15.9 Å². The molecule has 1 fully saturated rings. The van der Waals surface area contributed by atoms with Gasteiger partial charge in [-0.1, -0.05) is 15.9 Å². The molecule has 1 aromatic rings. The molecule has 1 N–H and O–H groups in total. The van der Waals surface area contributed by atoms with Gasteiger partial charge in [0.05, 0.1) is 6.42 Å². The average molecular weight is 429 g/mol. The number of rotatable bonds is 4. The number of carbonyl (C=O) groups is 2. The molecule has 26 heavy (non-hydrogen) atoms. The van der Waals surface area contributed by atoms with E-state index in [1.807, 2.05) is 20.8 Å². The Morgan fingerprint density at radius 2 is 1.96 bits per heavy atom. The van der Waals surface area contributed by atoms with Gasteiger partial charge < -0.3 is 15.0 Å². The van der Waals surface area contributed by atoms with E-state index in [0.29, 0.717) is 31.1 Å². The average Bonchev–Trinajstić information content (AvgIpc) is 2.55. The van der Waals surface area contributed by atoms with Crippen LogP contribution in [-0.2, 0) is 16.0 Å². The van der Waals surface area contributed by atoms with Gasteiger partial charge in [-0.25, -0.2) is 9.18 Å². The fourth-order valence-corrected chi connectivity index (χ4v) is 3.27. The third kappa shape index (κ3) is 6.59. The molecule has 0 spiro atoms. The molecule has 1 aromatic carbocycles. The number of piperidine rings is 1. The van der Waals surface area contributed by atoms with E-state index >= 15 is 0 Å². The molecule has 0 atom stereocenters. The Balaban J connectivity index is 1.76. The Bertz CT molecular complexity index is 653. The first-order valence-corrected chi connectivity index (χ1v) is 9.62. The lowest BCUT2D eigenvalue weighted by Crippen LogP contribution is -2.42. The first kappa shape index (κ1) is 20.7. The van der Waals surface area contributed by atoms with Crippen molar-refractivity contribution in [2.75, 3.05) is 19.6 Å². The van der Waals surface area contributed by atoms with Crippen molar-refractivity contribution >= 4 is 27.9 Å². The van der Waals surface area contributed by atoms with Crippen LogP contribution in [0.25, 0.3) is 0 Å². The van der Waals surface area contributed by atoms with Gasteiger partial charge in [0.25, 0.3) is 0 Å². The van der Waals surface area contributed by atoms with Crippen molar-refractivity contribution in [3.05, 3.63) is 34.1 Å². The van der Waals surface area contributed by atoms with Crippen LogP contribution in [0.2, 0.25) is 0 Å². The smallest absolute Gasteiger partial charge is 0.407 e. The number of halogens is 2. The second-order valence-electron chi connectivity index (χ2n) is 7.62. The Hall–Kier alpha value is -1.63. The normalized spacial score (nSPS) is 15.7. The van der Waals surface area contributed by atoms with Gasteiger partial charge in [-0.15, -0.1) is 0 Å². The predicted octanol–water partition coefficient (Wildman–Crippen LogP) is 3.89. The van der Waals surface area contributed by atoms with Crippen LogP contribution in [0.4, 0.5) is 9.18 Å². The highest BCUT2D eigenvalue weighted by Gasteiger charge is 2.24. The summed E-state index contributed by atoms with van der Waals surface area (Å²) in [7, 11) is 0. The molecule has 1 aliphatic rings. The summed E-state index contributed by atoms with van der Waals surface area (Å²) in [5.74, 6) is -0.0229. The van der Waals surface area contributed by atoms with E-state index in [2.05, 4.69) is 21.2 Å². The number of hydrogen-bond donors (Lipinski definition) is 1. The molecule has 0 unspecified atom stereocenters. The summed E-state index contributed by atoms with van der Waals surface area (Å²) in [5, 5.41) is 2.79. The fraction of sp³-hybridized carbons (Fsp3) is 0.579. The molecule has 0 radical (unpaired) electrons. The van der Waals surface area contributed by atoms with Gasteiger partial charge in [0, 0.05) is 24.1 Å². The summed E-state index contributed by atoms with van der Waals surface area (Å²) in [6, 6.07) is 4.37. The summed E-state index contributed by atoms with van der Waals surface area (Å²) in [6.07, 6.45) is 1.42. The Morgan fingerprint density at radius 3 is 2.58 bits per heavy atom. The standard InChI is InChI=1S/C19H26BrFN2O3/c1-19(2,3)26-18(25)22-12-13-6-8-23(9-7-13)17(24)11-14-10-15(21)4-5-16(14)20/h4-5,10,13H,6-9,11-12H2,1-3H3,(H,22,25). The molecule has 0 bridgehead atoms. The maximum Gasteiger partial charge on any atom is 0.407 e. The first-order valence-electron chi connectivity index (χ1n) is 8.82. The van der Waals surface area contributed by atoms with Crippen molar-refractivity contribution in [1.29, 1.82) is 0 Å². The van der Waals surface area contributed by atoms with Crippen molar-refractivity contribution in [2.45, 2.75) is 45.6 Å². The molecule has 1 saturated heterocycles. The zero-order chi connectivity index (χ0) is 19.3. The quantitative estimate of drug-likeness (QED) is 0.790. The lowest BCUT2D eigenvalue weighted by Gasteiger charge is -2.32. The molecular formula is C19H26BrFN2O3. The number of hydrogen-bond acceptors (Lipinski definition) is 3. The van der Waals surface area contributed by atoms with Crippen molar-refractivity contribution in [2.24, 2.45) is 5.92 Å². The number of nitrogens with one attached hydrogen (secondary N) is 1. The number of amides is 2. The minimum atomic E-state index is -0.509. The van der Waals surface area contributed by atoms with Crippen LogP contribution in [0.3, 0.4) is 0 Å². The Labute approximate surface area is 162 Å². The second kappa shape index (κ2) is 8.84. The molecule has 0 aromatic heterocycles. The highest BCUT2D eigenvalue weighted by atomic mass is 79.9. The molecule has 2 rings (SSSR count). The molecule has 0 aliphatic carbocycles. The summed E-state index contributed by atoms with van der Waals surface area (Å²) in [4.78, 5) is 26.0. The van der Waals surface area contributed by atoms with Gasteiger partial charge in [-0.05, 0) is 63.3 Å². The van der Waals surface area contributed by atoms with Crippen LogP contribution in [0.15, 0.2) is 22.7 Å². The number of carbonyl (C=O) groups excluding carboxylic acids is 2. The number of likely N-dealkylation sites (tertiary alicyclic amines) is 1. The lowest BCUT2D eigenvalue weighted by molar-refractivity contribution is -0.131. The van der Waals surface area contributed by atoms with E-state index in [1.165, 1.54) is 12.1 Å². The zero-order valence-corrected chi connectivity index (χ0v) is 17.1. The van der Waals surface area contributed by atoms with Gasteiger partial charge >= 0.3 is 6.09 Å². The topological polar surface area (TPSA) is 58.6 Å². The first-order chi connectivity index (χ1) is 12.1. The number of ether oxygens (including phenoxy) is 1. The van der Waals surface area contributed by atoms with Gasteiger partial charge in [0.1, 0.15) is 11.4 Å². The van der Waals surface area contributed by atoms with Gasteiger partial charge in [-0.2, -0.15) is 0 Å². The van der Waals surface area contributed by atoms with E-state index in [1.54, 1.807) is 11.0 Å². The van der Waals surface area contributed by atoms with Crippen LogP contribution in [0.1, 0.15) is 39.2 Å². The minimum Gasteiger partial charge on any atom is -0.444 e. The van der Waals surface area contributed by atoms with Crippen molar-refractivity contribution in [3.63, 3.8) is 0 Å². The van der Waals surface area contributed by atoms with Crippen molar-refractivity contribution < 1.29 is 18.7 Å². The van der Waals surface area contributed by atoms with Crippen molar-refractivity contribution in [1.82, 2.24) is 10.2 Å². The molecule has 5 nitrogen and oxygen atoms in total. The van der Waals surface area contributed by atoms with E-state index in [-0.39, 0.29) is 18.1 Å². The third-order valence-electron chi connectivity index (χ3n) is 4.25. The SMILES string of the molecule is CC(C)(C)OC(=O)NCC1CCN(C(=O)Cc2cc(F)ccc2Br)CC1. The summed E-state index contributed by atoms with van der Waals surface area (Å²) in [6.45, 7) is 7.32. The summed E-state index contributed by atoms with van der Waals surface area (Å²) >= 11 is 3.36. The molecule has 2 amide bonds. The number of alkyl carbamates (subject to hydrolysis) is 1. The van der Waals surface area contributed by atoms with Gasteiger partial charge in [-0.3, -0.25) is 4.79 Å². The van der Waals surface area contributed by atoms with E-state index < -0.39 is 11.7 Å². The van der Waals surface area contributed by atoms with E-state index in [0.717, 1.165) is 17.3 Å². The maximum absolute atomic E-state index is 13.4. The Morgan fingerprint density at radius 1 is 1.31 bits per heavy atom. The van der Waals surface area contributed by atoms with Gasteiger partial charge in [0.2, 0.25) is 5.91 Å². The number of benzene rings is 1. The largest absolute Gasteiger partial charge is 0.444 e. The summed E-state index contributed by atoms with van der Waals surface area (Å²) in [5.41, 5.74) is 0.147. The second-order valence-corrected chi connectivity index (χ2v) is 8.47. The lowest BCUT2D eigenvalue weighted by atomic mass is 9.96. The maximum atomic E-state index is 13.4. The number of nitrogens with zero attached hydrogens (tertiary/aromatic N) is 1. The van der Waals surface area contributed by atoms with Crippen LogP contribution < -0.4 is 5.32 Å². The molecule has 1 heterocycles. The molecule has 0 saturated carbocycles. The van der Waals surface area contributed by atoms with Crippen LogP contribution in [-0.4, -0.2) is 42.1 Å². The predicted molar refractivity (Wildman–Crippen MR) is 101 cm³/mol. The molecular weight excluding hydrogens is 403 g/mol. The van der Waals surface area contributed by atoms with Crippen molar-refractivity contribution in [3.8, 4) is 0 Å². The zero-order valence-electron chi connectivity index (χ0n) is 15.5. The highest BCUT2D eigenvalue weighted by molar-refractivity contribution is 9.10.